The normalized spacial score (nSPS) is 12.8. The zero-order valence-corrected chi connectivity index (χ0v) is 16.7. The van der Waals surface area contributed by atoms with Crippen molar-refractivity contribution in [3.63, 3.8) is 0 Å². The molecule has 0 saturated carbocycles. The highest BCUT2D eigenvalue weighted by molar-refractivity contribution is 5.93. The lowest BCUT2D eigenvalue weighted by Crippen LogP contribution is -2.45. The van der Waals surface area contributed by atoms with Gasteiger partial charge in [-0.25, -0.2) is 19.2 Å². The predicted octanol–water partition coefficient (Wildman–Crippen LogP) is 1.52. The van der Waals surface area contributed by atoms with Gasteiger partial charge in [0.1, 0.15) is 5.75 Å². The van der Waals surface area contributed by atoms with Crippen molar-refractivity contribution in [2.75, 3.05) is 0 Å². The molecule has 11 heteroatoms. The van der Waals surface area contributed by atoms with Crippen LogP contribution < -0.4 is 0 Å². The number of esters is 2. The number of hydrogen-bond acceptors (Lipinski definition) is 9. The van der Waals surface area contributed by atoms with E-state index < -0.39 is 47.6 Å². The molecule has 33 heavy (non-hydrogen) atoms. The minimum absolute atomic E-state index is 0.0111. The molecule has 0 aromatic heterocycles. The van der Waals surface area contributed by atoms with E-state index >= 15 is 0 Å². The molecule has 2 atom stereocenters. The number of carboxylic acids is 2. The number of benzene rings is 2. The molecule has 2 aromatic carbocycles. The van der Waals surface area contributed by atoms with Crippen molar-refractivity contribution < 1.29 is 54.2 Å². The highest BCUT2D eigenvalue weighted by atomic mass is 16.6. The first-order chi connectivity index (χ1) is 15.6. The molecule has 0 radical (unpaired) electrons. The number of hydrogen-bond donors (Lipinski definition) is 5. The Kier molecular flexibility index (Phi) is 8.16. The molecular weight excluding hydrogens is 440 g/mol. The van der Waals surface area contributed by atoms with E-state index in [4.69, 9.17) is 0 Å². The van der Waals surface area contributed by atoms with E-state index in [0.717, 1.165) is 30.4 Å². The molecule has 0 aliphatic rings. The summed E-state index contributed by atoms with van der Waals surface area (Å²) in [6.07, 6.45) is -0.776. The van der Waals surface area contributed by atoms with Gasteiger partial charge in [0.2, 0.25) is 12.2 Å². The summed E-state index contributed by atoms with van der Waals surface area (Å²) in [5.41, 5.74) is 0.706. The van der Waals surface area contributed by atoms with E-state index in [-0.39, 0.29) is 11.3 Å². The van der Waals surface area contributed by atoms with Crippen molar-refractivity contribution >= 4 is 36.0 Å². The molecule has 0 bridgehead atoms. The Morgan fingerprint density at radius 3 is 1.58 bits per heavy atom. The maximum Gasteiger partial charge on any atom is 0.349 e. The summed E-state index contributed by atoms with van der Waals surface area (Å²) in [5.74, 6) is -7.10. The van der Waals surface area contributed by atoms with Crippen LogP contribution in [-0.2, 0) is 28.7 Å². The maximum atomic E-state index is 12.0. The quantitative estimate of drug-likeness (QED) is 0.208. The van der Waals surface area contributed by atoms with E-state index in [1.807, 2.05) is 0 Å². The lowest BCUT2D eigenvalue weighted by Gasteiger charge is -2.19. The first kappa shape index (κ1) is 24.5. The predicted molar refractivity (Wildman–Crippen MR) is 111 cm³/mol. The van der Waals surface area contributed by atoms with E-state index in [9.17, 15) is 44.7 Å². The number of aromatic hydroxyl groups is 3. The smallest absolute Gasteiger partial charge is 0.349 e. The third kappa shape index (κ3) is 7.43. The summed E-state index contributed by atoms with van der Waals surface area (Å²) >= 11 is 0. The number of phenols is 3. The average molecular weight is 458 g/mol. The van der Waals surface area contributed by atoms with Gasteiger partial charge in [0.15, 0.2) is 11.5 Å². The van der Waals surface area contributed by atoms with Crippen molar-refractivity contribution in [2.24, 2.45) is 0 Å². The fraction of sp³-hybridized carbons (Fsp3) is 0.0909. The average Bonchev–Trinajstić information content (AvgIpc) is 2.76. The topological polar surface area (TPSA) is 188 Å². The van der Waals surface area contributed by atoms with Crippen LogP contribution in [0.1, 0.15) is 11.1 Å². The van der Waals surface area contributed by atoms with Crippen LogP contribution in [-0.4, -0.2) is 61.6 Å². The van der Waals surface area contributed by atoms with Gasteiger partial charge in [-0.1, -0.05) is 18.2 Å². The molecule has 0 fully saturated rings. The number of carbonyl (C=O) groups excluding carboxylic acids is 2. The number of carboxylic acid groups (broad SMARTS) is 2. The number of carbonyl (C=O) groups is 4. The second-order valence-corrected chi connectivity index (χ2v) is 6.40. The van der Waals surface area contributed by atoms with Gasteiger partial charge in [-0.15, -0.1) is 0 Å². The number of rotatable bonds is 9. The van der Waals surface area contributed by atoms with E-state index in [0.29, 0.717) is 5.56 Å². The van der Waals surface area contributed by atoms with Gasteiger partial charge in [-0.05, 0) is 47.5 Å². The molecule has 2 aromatic rings. The van der Waals surface area contributed by atoms with Crippen molar-refractivity contribution in [3.8, 4) is 17.2 Å². The fourth-order valence-electron chi connectivity index (χ4n) is 2.37. The number of ether oxygens (including phenoxy) is 2. The first-order valence-corrected chi connectivity index (χ1v) is 9.11. The van der Waals surface area contributed by atoms with Gasteiger partial charge in [0.05, 0.1) is 0 Å². The second kappa shape index (κ2) is 11.0. The maximum absolute atomic E-state index is 12.0. The third-order valence-electron chi connectivity index (χ3n) is 3.96. The highest BCUT2D eigenvalue weighted by Gasteiger charge is 2.40. The van der Waals surface area contributed by atoms with Crippen LogP contribution in [0.4, 0.5) is 0 Å². The molecule has 0 spiro atoms. The Morgan fingerprint density at radius 2 is 1.12 bits per heavy atom. The van der Waals surface area contributed by atoms with Crippen LogP contribution in [0.2, 0.25) is 0 Å². The van der Waals surface area contributed by atoms with Crippen LogP contribution >= 0.6 is 0 Å². The minimum atomic E-state index is -2.36. The monoisotopic (exact) mass is 458 g/mol. The summed E-state index contributed by atoms with van der Waals surface area (Å²) in [5, 5.41) is 46.5. The summed E-state index contributed by atoms with van der Waals surface area (Å²) in [6, 6.07) is 9.18. The zero-order chi connectivity index (χ0) is 24.5. The van der Waals surface area contributed by atoms with Gasteiger partial charge in [-0.2, -0.15) is 0 Å². The van der Waals surface area contributed by atoms with Crippen LogP contribution in [0.5, 0.6) is 17.2 Å². The largest absolute Gasteiger partial charge is 0.508 e. The zero-order valence-electron chi connectivity index (χ0n) is 16.7. The van der Waals surface area contributed by atoms with Gasteiger partial charge >= 0.3 is 23.9 Å². The Hall–Kier alpha value is -4.80. The molecule has 0 aliphatic carbocycles. The molecule has 5 N–H and O–H groups in total. The molecule has 0 aliphatic heterocycles. The standard InChI is InChI=1S/C22H18O11/c23-14-6-1-12(2-7-14)4-9-17(26)32-19(21(28)29)20(22(30)31)33-18(27)10-5-13-3-8-15(24)16(25)11-13/h1-11,19-20,23-25H,(H,28,29)(H,30,31)/b9-4+,10-5+/t19-,20-/m1/s1. The highest BCUT2D eigenvalue weighted by Crippen LogP contribution is 2.25. The Labute approximate surface area is 186 Å². The van der Waals surface area contributed by atoms with Gasteiger partial charge in [-0.3, -0.25) is 0 Å². The third-order valence-corrected chi connectivity index (χ3v) is 3.96. The van der Waals surface area contributed by atoms with Crippen molar-refractivity contribution in [1.29, 1.82) is 0 Å². The lowest BCUT2D eigenvalue weighted by atomic mass is 10.2. The first-order valence-electron chi connectivity index (χ1n) is 9.11. The van der Waals surface area contributed by atoms with Crippen LogP contribution in [0, 0.1) is 0 Å². The Balaban J connectivity index is 2.09. The van der Waals surface area contributed by atoms with E-state index in [1.165, 1.54) is 36.4 Å². The molecule has 0 unspecified atom stereocenters. The summed E-state index contributed by atoms with van der Waals surface area (Å²) in [7, 11) is 0. The van der Waals surface area contributed by atoms with Crippen molar-refractivity contribution in [2.45, 2.75) is 12.2 Å². The SMILES string of the molecule is O=C(/C=C/c1ccc(O)cc1)O[C@@H](C(=O)O)[C@@H](OC(=O)/C=C/c1ccc(O)c(O)c1)C(=O)O. The molecule has 11 nitrogen and oxygen atoms in total. The van der Waals surface area contributed by atoms with Crippen LogP contribution in [0.3, 0.4) is 0 Å². The van der Waals surface area contributed by atoms with Crippen LogP contribution in [0.25, 0.3) is 12.2 Å². The van der Waals surface area contributed by atoms with Gasteiger partial charge < -0.3 is 35.0 Å². The second-order valence-electron chi connectivity index (χ2n) is 6.40. The molecule has 2 rings (SSSR count). The number of aliphatic carboxylic acids is 2. The summed E-state index contributed by atoms with van der Waals surface area (Å²) in [4.78, 5) is 46.9. The van der Waals surface area contributed by atoms with Gasteiger partial charge in [0, 0.05) is 12.2 Å². The molecule has 0 saturated heterocycles. The van der Waals surface area contributed by atoms with Gasteiger partial charge in [0.25, 0.3) is 0 Å². The number of phenolic OH excluding ortho intramolecular Hbond substituents is 3. The van der Waals surface area contributed by atoms with Crippen molar-refractivity contribution in [1.82, 2.24) is 0 Å². The molecule has 0 amide bonds. The fourth-order valence-corrected chi connectivity index (χ4v) is 2.37. The Morgan fingerprint density at radius 1 is 0.667 bits per heavy atom. The van der Waals surface area contributed by atoms with Crippen molar-refractivity contribution in [3.05, 3.63) is 65.7 Å². The Bertz CT molecular complexity index is 1100. The lowest BCUT2D eigenvalue weighted by molar-refractivity contribution is -0.183. The summed E-state index contributed by atoms with van der Waals surface area (Å²) < 4.78 is 9.30. The van der Waals surface area contributed by atoms with E-state index in [2.05, 4.69) is 9.47 Å². The molecular formula is C22H18O11. The summed E-state index contributed by atoms with van der Waals surface area (Å²) in [6.45, 7) is 0. The molecule has 0 heterocycles. The van der Waals surface area contributed by atoms with E-state index in [1.54, 1.807) is 0 Å². The minimum Gasteiger partial charge on any atom is -0.508 e. The van der Waals surface area contributed by atoms with Crippen LogP contribution in [0.15, 0.2) is 54.6 Å². The molecule has 172 valence electrons.